The van der Waals surface area contributed by atoms with E-state index >= 15 is 0 Å². The van der Waals surface area contributed by atoms with Gasteiger partial charge in [-0.3, -0.25) is 19.3 Å². The lowest BCUT2D eigenvalue weighted by molar-refractivity contribution is 0.0642. The van der Waals surface area contributed by atoms with Gasteiger partial charge in [0, 0.05) is 18.9 Å². The number of aromatic nitrogens is 1. The molecule has 1 N–H and O–H groups in total. The van der Waals surface area contributed by atoms with Crippen LogP contribution < -0.4 is 10.1 Å². The summed E-state index contributed by atoms with van der Waals surface area (Å²) in [5, 5.41) is 2.74. The topological polar surface area (TPSA) is 97.8 Å². The summed E-state index contributed by atoms with van der Waals surface area (Å²) >= 11 is 0. The Bertz CT molecular complexity index is 1160. The number of imide groups is 1. The van der Waals surface area contributed by atoms with Crippen molar-refractivity contribution in [3.05, 3.63) is 89.1 Å². The van der Waals surface area contributed by atoms with E-state index in [0.29, 0.717) is 12.3 Å². The van der Waals surface area contributed by atoms with Crippen LogP contribution in [-0.2, 0) is 11.3 Å². The third-order valence-corrected chi connectivity index (χ3v) is 4.96. The first kappa shape index (κ1) is 21.2. The third-order valence-electron chi connectivity index (χ3n) is 4.96. The highest BCUT2D eigenvalue weighted by atomic mass is 16.5. The van der Waals surface area contributed by atoms with E-state index in [0.717, 1.165) is 5.56 Å². The number of hydrogen-bond donors (Lipinski definition) is 1. The summed E-state index contributed by atoms with van der Waals surface area (Å²) in [7, 11) is 1.56. The Kier molecular flexibility index (Phi) is 6.23. The molecule has 3 amide bonds. The molecule has 0 saturated carbocycles. The fourth-order valence-electron chi connectivity index (χ4n) is 3.36. The molecule has 0 fully saturated rings. The standard InChI is InChI=1S/C24H21N3O5/c1-31-12-13-32-22-20(8-5-11-25-22)26-21(28)17-9-10-18-19(14-17)24(30)27(23(18)29)15-16-6-3-2-4-7-16/h2-11,14H,12-13,15H2,1H3,(H,26,28). The number of amides is 3. The van der Waals surface area contributed by atoms with Gasteiger partial charge < -0.3 is 14.8 Å². The molecule has 0 atom stereocenters. The molecule has 0 bridgehead atoms. The highest BCUT2D eigenvalue weighted by molar-refractivity contribution is 6.22. The maximum atomic E-state index is 12.9. The number of pyridine rings is 1. The molecule has 0 spiro atoms. The Morgan fingerprint density at radius 1 is 0.969 bits per heavy atom. The van der Waals surface area contributed by atoms with Crippen LogP contribution in [0.5, 0.6) is 5.88 Å². The highest BCUT2D eigenvalue weighted by Gasteiger charge is 2.36. The molecule has 0 radical (unpaired) electrons. The number of nitrogens with zero attached hydrogens (tertiary/aromatic N) is 2. The molecule has 1 aromatic heterocycles. The third kappa shape index (κ3) is 4.35. The summed E-state index contributed by atoms with van der Waals surface area (Å²) in [6.07, 6.45) is 1.55. The van der Waals surface area contributed by atoms with Gasteiger partial charge >= 0.3 is 0 Å². The normalized spacial score (nSPS) is 12.6. The fourth-order valence-corrected chi connectivity index (χ4v) is 3.36. The number of anilines is 1. The Balaban J connectivity index is 1.52. The summed E-state index contributed by atoms with van der Waals surface area (Å²) in [6.45, 7) is 0.833. The predicted octanol–water partition coefficient (Wildman–Crippen LogP) is 3.16. The van der Waals surface area contributed by atoms with Gasteiger partial charge in [-0.05, 0) is 35.9 Å². The van der Waals surface area contributed by atoms with Crippen molar-refractivity contribution in [2.45, 2.75) is 6.54 Å². The van der Waals surface area contributed by atoms with E-state index < -0.39 is 11.8 Å². The monoisotopic (exact) mass is 431 g/mol. The van der Waals surface area contributed by atoms with Crippen LogP contribution in [-0.4, -0.2) is 47.9 Å². The molecule has 2 aromatic carbocycles. The number of methoxy groups -OCH3 is 1. The van der Waals surface area contributed by atoms with E-state index in [1.165, 1.54) is 23.1 Å². The number of fused-ring (bicyclic) bond motifs is 1. The van der Waals surface area contributed by atoms with Crippen LogP contribution in [0.3, 0.4) is 0 Å². The van der Waals surface area contributed by atoms with Gasteiger partial charge in [-0.2, -0.15) is 0 Å². The van der Waals surface area contributed by atoms with Gasteiger partial charge in [0.05, 0.1) is 24.3 Å². The summed E-state index contributed by atoms with van der Waals surface area (Å²) in [5.41, 5.74) is 1.98. The van der Waals surface area contributed by atoms with E-state index in [9.17, 15) is 14.4 Å². The molecular formula is C24H21N3O5. The zero-order valence-electron chi connectivity index (χ0n) is 17.4. The molecule has 0 saturated heterocycles. The van der Waals surface area contributed by atoms with Gasteiger partial charge in [0.1, 0.15) is 12.3 Å². The van der Waals surface area contributed by atoms with Crippen molar-refractivity contribution < 1.29 is 23.9 Å². The zero-order chi connectivity index (χ0) is 22.5. The summed E-state index contributed by atoms with van der Waals surface area (Å²) in [6, 6.07) is 17.1. The molecule has 8 nitrogen and oxygen atoms in total. The Hall–Kier alpha value is -4.04. The van der Waals surface area contributed by atoms with Crippen LogP contribution in [0.4, 0.5) is 5.69 Å². The first-order chi connectivity index (χ1) is 15.6. The summed E-state index contributed by atoms with van der Waals surface area (Å²) in [4.78, 5) is 43.7. The second kappa shape index (κ2) is 9.40. The summed E-state index contributed by atoms with van der Waals surface area (Å²) in [5.74, 6) is -0.978. The number of nitrogens with one attached hydrogen (secondary N) is 1. The molecule has 0 aliphatic carbocycles. The zero-order valence-corrected chi connectivity index (χ0v) is 17.4. The quantitative estimate of drug-likeness (QED) is 0.435. The molecule has 162 valence electrons. The second-order valence-electron chi connectivity index (χ2n) is 7.09. The minimum Gasteiger partial charge on any atom is -0.474 e. The first-order valence-electron chi connectivity index (χ1n) is 10.0. The number of benzene rings is 2. The Morgan fingerprint density at radius 3 is 2.53 bits per heavy atom. The van der Waals surface area contributed by atoms with E-state index in [1.807, 2.05) is 30.3 Å². The van der Waals surface area contributed by atoms with Crippen molar-refractivity contribution in [1.29, 1.82) is 0 Å². The molecule has 1 aliphatic heterocycles. The largest absolute Gasteiger partial charge is 0.474 e. The molecule has 8 heteroatoms. The lowest BCUT2D eigenvalue weighted by Crippen LogP contribution is -2.29. The van der Waals surface area contributed by atoms with E-state index in [-0.39, 0.29) is 41.6 Å². The van der Waals surface area contributed by atoms with Crippen molar-refractivity contribution in [2.24, 2.45) is 0 Å². The van der Waals surface area contributed by atoms with Crippen molar-refractivity contribution in [3.8, 4) is 5.88 Å². The van der Waals surface area contributed by atoms with E-state index in [1.54, 1.807) is 25.4 Å². The highest BCUT2D eigenvalue weighted by Crippen LogP contribution is 2.27. The van der Waals surface area contributed by atoms with Crippen molar-refractivity contribution in [2.75, 3.05) is 25.6 Å². The maximum absolute atomic E-state index is 12.9. The van der Waals surface area contributed by atoms with Crippen LogP contribution in [0.15, 0.2) is 66.9 Å². The molecule has 32 heavy (non-hydrogen) atoms. The van der Waals surface area contributed by atoms with Crippen molar-refractivity contribution >= 4 is 23.4 Å². The molecule has 1 aliphatic rings. The summed E-state index contributed by atoms with van der Waals surface area (Å²) < 4.78 is 10.5. The van der Waals surface area contributed by atoms with Crippen LogP contribution in [0.2, 0.25) is 0 Å². The van der Waals surface area contributed by atoms with Gasteiger partial charge in [0.2, 0.25) is 5.88 Å². The molecule has 0 unspecified atom stereocenters. The number of carbonyl (C=O) groups excluding carboxylic acids is 3. The smallest absolute Gasteiger partial charge is 0.261 e. The van der Waals surface area contributed by atoms with E-state index in [2.05, 4.69) is 10.3 Å². The van der Waals surface area contributed by atoms with Gasteiger partial charge in [-0.25, -0.2) is 4.98 Å². The van der Waals surface area contributed by atoms with Gasteiger partial charge in [0.25, 0.3) is 17.7 Å². The fraction of sp³-hybridized carbons (Fsp3) is 0.167. The van der Waals surface area contributed by atoms with Gasteiger partial charge in [-0.1, -0.05) is 30.3 Å². The minimum atomic E-state index is -0.445. The van der Waals surface area contributed by atoms with Gasteiger partial charge in [0.15, 0.2) is 0 Å². The number of carbonyl (C=O) groups is 3. The molecule has 4 rings (SSSR count). The van der Waals surface area contributed by atoms with Crippen LogP contribution in [0.1, 0.15) is 36.6 Å². The second-order valence-corrected chi connectivity index (χ2v) is 7.09. The maximum Gasteiger partial charge on any atom is 0.261 e. The van der Waals surface area contributed by atoms with Crippen molar-refractivity contribution in [3.63, 3.8) is 0 Å². The lowest BCUT2D eigenvalue weighted by atomic mass is 10.1. The molecule has 3 aromatic rings. The van der Waals surface area contributed by atoms with Crippen molar-refractivity contribution in [1.82, 2.24) is 9.88 Å². The lowest BCUT2D eigenvalue weighted by Gasteiger charge is -2.13. The Labute approximate surface area is 184 Å². The number of hydrogen-bond acceptors (Lipinski definition) is 6. The Morgan fingerprint density at radius 2 is 1.75 bits per heavy atom. The minimum absolute atomic E-state index is 0.173. The number of rotatable bonds is 8. The van der Waals surface area contributed by atoms with Crippen LogP contribution >= 0.6 is 0 Å². The van der Waals surface area contributed by atoms with Crippen LogP contribution in [0, 0.1) is 0 Å². The van der Waals surface area contributed by atoms with Crippen LogP contribution in [0.25, 0.3) is 0 Å². The van der Waals surface area contributed by atoms with E-state index in [4.69, 9.17) is 9.47 Å². The van der Waals surface area contributed by atoms with Gasteiger partial charge in [-0.15, -0.1) is 0 Å². The molecule has 2 heterocycles. The first-order valence-corrected chi connectivity index (χ1v) is 10.0. The number of ether oxygens (including phenoxy) is 2. The predicted molar refractivity (Wildman–Crippen MR) is 117 cm³/mol. The average molecular weight is 431 g/mol. The average Bonchev–Trinajstić information content (AvgIpc) is 3.05. The SMILES string of the molecule is COCCOc1ncccc1NC(=O)c1ccc2c(c1)C(=O)N(Cc1ccccc1)C2=O. The molecular weight excluding hydrogens is 410 g/mol.